The minimum Gasteiger partial charge on any atom is -0.870 e. The molecule has 104 valence electrons. The molecule has 2 nitrogen and oxygen atoms in total. The van der Waals surface area contributed by atoms with Gasteiger partial charge in [0.15, 0.2) is 0 Å². The van der Waals surface area contributed by atoms with E-state index >= 15 is 0 Å². The average molecular weight is 324 g/mol. The van der Waals surface area contributed by atoms with Crippen LogP contribution >= 0.6 is 0 Å². The Morgan fingerprint density at radius 1 is 0.588 bits per heavy atom. The van der Waals surface area contributed by atoms with Gasteiger partial charge in [-0.3, -0.25) is 0 Å². The molecule has 0 spiro atoms. The van der Waals surface area contributed by atoms with Gasteiger partial charge in [-0.1, -0.05) is 65.2 Å². The molecule has 0 heterocycles. The van der Waals surface area contributed by atoms with E-state index in [0.717, 1.165) is 12.8 Å². The van der Waals surface area contributed by atoms with E-state index in [4.69, 9.17) is 0 Å². The van der Waals surface area contributed by atoms with Crippen LogP contribution in [0.3, 0.4) is 0 Å². The predicted octanol–water partition coefficient (Wildman–Crippen LogP) is 5.23. The van der Waals surface area contributed by atoms with Crippen LogP contribution in [0.15, 0.2) is 0 Å². The van der Waals surface area contributed by atoms with Crippen molar-refractivity contribution in [1.82, 2.24) is 0 Å². The summed E-state index contributed by atoms with van der Waals surface area (Å²) in [6.07, 6.45) is 13.0. The summed E-state index contributed by atoms with van der Waals surface area (Å²) in [5, 5.41) is 0. The van der Waals surface area contributed by atoms with Crippen LogP contribution < -0.4 is 0 Å². The molecule has 2 N–H and O–H groups in total. The molecule has 0 saturated carbocycles. The summed E-state index contributed by atoms with van der Waals surface area (Å²) in [4.78, 5) is 0. The first-order valence-corrected chi connectivity index (χ1v) is 6.41. The summed E-state index contributed by atoms with van der Waals surface area (Å²) in [5.74, 6) is 0. The molecule has 17 heavy (non-hydrogen) atoms. The number of rotatable bonds is 8. The zero-order valence-corrected chi connectivity index (χ0v) is 14.3. The second-order valence-electron chi connectivity index (χ2n) is 3.83. The fourth-order valence-corrected chi connectivity index (χ4v) is 1.21. The van der Waals surface area contributed by atoms with Crippen molar-refractivity contribution in [1.29, 1.82) is 0 Å². The topological polar surface area (TPSA) is 60.0 Å². The third-order valence-electron chi connectivity index (χ3n) is 2.21. The second-order valence-corrected chi connectivity index (χ2v) is 3.83. The maximum atomic E-state index is 3.76. The van der Waals surface area contributed by atoms with Crippen molar-refractivity contribution in [3.8, 4) is 0 Å². The molecule has 3 heteroatoms. The van der Waals surface area contributed by atoms with Gasteiger partial charge in [0.05, 0.1) is 0 Å². The average Bonchev–Trinajstić information content (AvgIpc) is 2.21. The zero-order valence-electron chi connectivity index (χ0n) is 11.9. The summed E-state index contributed by atoms with van der Waals surface area (Å²) in [6.45, 7) is 12.0. The van der Waals surface area contributed by atoms with Gasteiger partial charge in [0.25, 0.3) is 0 Å². The summed E-state index contributed by atoms with van der Waals surface area (Å²) in [7, 11) is 0. The smallest absolute Gasteiger partial charge is 0.870 e. The van der Waals surface area contributed by atoms with Gasteiger partial charge in [-0.25, -0.2) is 0 Å². The van der Waals surface area contributed by atoms with Crippen molar-refractivity contribution < 1.29 is 37.2 Å². The molecule has 0 unspecified atom stereocenters. The first kappa shape index (κ1) is 30.7. The molecule has 0 rings (SSSR count). The van der Waals surface area contributed by atoms with E-state index in [-0.39, 0.29) is 37.2 Å². The van der Waals surface area contributed by atoms with E-state index in [1.807, 2.05) is 0 Å². The van der Waals surface area contributed by atoms with Crippen molar-refractivity contribution >= 4 is 0 Å². The van der Waals surface area contributed by atoms with Gasteiger partial charge in [-0.15, -0.1) is 0 Å². The van der Waals surface area contributed by atoms with E-state index in [9.17, 15) is 0 Å². The quantitative estimate of drug-likeness (QED) is 0.454. The normalized spacial score (nSPS) is 7.76. The molecule has 0 bridgehead atoms. The van der Waals surface area contributed by atoms with Crippen molar-refractivity contribution in [2.45, 2.75) is 78.1 Å². The monoisotopic (exact) mass is 322 g/mol. The molecule has 0 saturated heterocycles. The molecule has 0 amide bonds. The van der Waals surface area contributed by atoms with Crippen molar-refractivity contribution in [2.75, 3.05) is 0 Å². The van der Waals surface area contributed by atoms with Gasteiger partial charge in [0, 0.05) is 0 Å². The van der Waals surface area contributed by atoms with Crippen LogP contribution in [0.5, 0.6) is 0 Å². The molecule has 0 aliphatic heterocycles. The molecular weight excluding hydrogens is 291 g/mol. The minimum absolute atomic E-state index is 0. The van der Waals surface area contributed by atoms with Crippen molar-refractivity contribution in [3.63, 3.8) is 0 Å². The third kappa shape index (κ3) is 47.5. The molecular formula is C14H32O2Zr. The second kappa shape index (κ2) is 36.0. The van der Waals surface area contributed by atoms with E-state index in [1.165, 1.54) is 51.4 Å². The van der Waals surface area contributed by atoms with Crippen molar-refractivity contribution in [2.24, 2.45) is 0 Å². The van der Waals surface area contributed by atoms with Gasteiger partial charge in [-0.2, -0.15) is 12.8 Å². The SMILES string of the molecule is [CH2-]CCCCCC.[CH2-]CCCCCC.[OH-].[OH-].[Zr+4]. The molecule has 0 aromatic rings. The molecule has 0 aliphatic rings. The Hall–Kier alpha value is 0.803. The van der Waals surface area contributed by atoms with Gasteiger partial charge in [0.2, 0.25) is 0 Å². The maximum absolute atomic E-state index is 3.76. The Morgan fingerprint density at radius 2 is 0.882 bits per heavy atom. The van der Waals surface area contributed by atoms with E-state index in [0.29, 0.717) is 0 Å². The summed E-state index contributed by atoms with van der Waals surface area (Å²) < 4.78 is 0. The third-order valence-corrected chi connectivity index (χ3v) is 2.21. The van der Waals surface area contributed by atoms with E-state index < -0.39 is 0 Å². The van der Waals surface area contributed by atoms with Crippen LogP contribution in [0.25, 0.3) is 0 Å². The van der Waals surface area contributed by atoms with Gasteiger partial charge in [-0.05, 0) is 0 Å². The standard InChI is InChI=1S/2C7H15.2H2O.Zr/c2*1-3-5-7-6-4-2;;;/h2*1,3-7H2,2H3;2*1H2;/q2*-1;;;+4/p-2. The van der Waals surface area contributed by atoms with Gasteiger partial charge >= 0.3 is 26.2 Å². The minimum atomic E-state index is 0. The van der Waals surface area contributed by atoms with Crippen LogP contribution in [0.2, 0.25) is 0 Å². The first-order valence-electron chi connectivity index (χ1n) is 6.41. The van der Waals surface area contributed by atoms with Crippen LogP contribution in [-0.2, 0) is 26.2 Å². The Balaban J connectivity index is -0.0000000480. The Labute approximate surface area is 129 Å². The molecule has 0 aromatic carbocycles. The number of unbranched alkanes of at least 4 members (excludes halogenated alkanes) is 8. The first-order chi connectivity index (χ1) is 6.83. The Bertz CT molecular complexity index is 62.6. The zero-order chi connectivity index (χ0) is 11.1. The maximum Gasteiger partial charge on any atom is 4.00 e. The Kier molecular flexibility index (Phi) is 64.9. The summed E-state index contributed by atoms with van der Waals surface area (Å²) in [5.41, 5.74) is 0. The van der Waals surface area contributed by atoms with Crippen LogP contribution in [0, 0.1) is 13.8 Å². The molecule has 0 radical (unpaired) electrons. The fraction of sp³-hybridized carbons (Fsp3) is 0.857. The van der Waals surface area contributed by atoms with Crippen LogP contribution in [0.4, 0.5) is 0 Å². The number of hydrogen-bond donors (Lipinski definition) is 0. The molecule has 0 atom stereocenters. The summed E-state index contributed by atoms with van der Waals surface area (Å²) in [6, 6.07) is 0. The van der Waals surface area contributed by atoms with Crippen LogP contribution in [-0.4, -0.2) is 11.0 Å². The number of hydrogen-bond acceptors (Lipinski definition) is 2. The Morgan fingerprint density at radius 3 is 1.06 bits per heavy atom. The molecule has 0 fully saturated rings. The van der Waals surface area contributed by atoms with Gasteiger partial charge in [0.1, 0.15) is 0 Å². The van der Waals surface area contributed by atoms with Crippen molar-refractivity contribution in [3.05, 3.63) is 13.8 Å². The van der Waals surface area contributed by atoms with Gasteiger partial charge < -0.3 is 24.8 Å². The summed E-state index contributed by atoms with van der Waals surface area (Å²) >= 11 is 0. The largest absolute Gasteiger partial charge is 4.00 e. The van der Waals surface area contributed by atoms with E-state index in [1.54, 1.807) is 0 Å². The predicted molar refractivity (Wildman–Crippen MR) is 72.1 cm³/mol. The van der Waals surface area contributed by atoms with Crippen LogP contribution in [0.1, 0.15) is 78.1 Å². The van der Waals surface area contributed by atoms with E-state index in [2.05, 4.69) is 27.7 Å². The molecule has 0 aliphatic carbocycles. The fourth-order valence-electron chi connectivity index (χ4n) is 1.21. The molecule has 0 aromatic heterocycles.